The van der Waals surface area contributed by atoms with E-state index >= 15 is 0 Å². The standard InChI is InChI=1S/C12H18O6S2.C8H12O4S.C6H10O3S/c13-5-1-15-11-7(3-17-9(5)11)19-20-8-4-18-10-6(14)2-16-12(8)10;1-4(9)13-6-3-12-7-5(10)2-11-8(6)7;7-3-1-8-6-4(10)2-9-5(3)6/h5-14H,1-4H2;5-8,10H,2-3H2,1H3;3-7,10H,1-2H2/t5-,6-,7+,8?,9?,10?,11?,12?;5-,6+,7?,8?;3-,4+,5?,6?/m111/s1. The van der Waals surface area contributed by atoms with Gasteiger partial charge in [-0.3, -0.25) is 4.79 Å². The monoisotopic (exact) mass is 688 g/mol. The minimum atomic E-state index is -0.525. The Morgan fingerprint density at radius 3 is 1.26 bits per heavy atom. The van der Waals surface area contributed by atoms with Crippen LogP contribution in [0.2, 0.25) is 0 Å². The van der Waals surface area contributed by atoms with Gasteiger partial charge in [-0.15, -0.1) is 0 Å². The Hall–Kier alpha value is 0.590. The van der Waals surface area contributed by atoms with Gasteiger partial charge < -0.3 is 58.3 Å². The van der Waals surface area contributed by atoms with Gasteiger partial charge in [-0.2, -0.15) is 12.6 Å². The average molecular weight is 689 g/mol. The molecule has 0 aliphatic carbocycles. The normalized spacial score (nSPS) is 50.8. The van der Waals surface area contributed by atoms with Gasteiger partial charge in [0.25, 0.3) is 0 Å². The fourth-order valence-electron chi connectivity index (χ4n) is 6.41. The van der Waals surface area contributed by atoms with Gasteiger partial charge in [0, 0.05) is 6.92 Å². The third kappa shape index (κ3) is 7.37. The number of hydrogen-bond donors (Lipinski definition) is 5. The lowest BCUT2D eigenvalue weighted by atomic mass is 10.1. The van der Waals surface area contributed by atoms with Crippen LogP contribution in [0.4, 0.5) is 0 Å². The smallest absolute Gasteiger partial charge is 0.186 e. The minimum absolute atomic E-state index is 0.0123. The molecule has 4 N–H and O–H groups in total. The van der Waals surface area contributed by atoms with Crippen molar-refractivity contribution in [2.45, 2.75) is 101 Å². The molecule has 0 amide bonds. The first-order valence-corrected chi connectivity index (χ1v) is 18.2. The quantitative estimate of drug-likeness (QED) is 0.173. The molecule has 8 saturated heterocycles. The maximum Gasteiger partial charge on any atom is 0.186 e. The van der Waals surface area contributed by atoms with Crippen LogP contribution >= 0.6 is 46.0 Å². The first-order chi connectivity index (χ1) is 20.7. The van der Waals surface area contributed by atoms with E-state index in [1.165, 1.54) is 18.7 Å². The molecule has 0 aromatic carbocycles. The fraction of sp³-hybridized carbons (Fsp3) is 0.962. The van der Waals surface area contributed by atoms with Gasteiger partial charge in [0.15, 0.2) is 5.12 Å². The van der Waals surface area contributed by atoms with Crippen LogP contribution in [0.25, 0.3) is 0 Å². The van der Waals surface area contributed by atoms with Gasteiger partial charge >= 0.3 is 0 Å². The molecule has 8 rings (SSSR count). The van der Waals surface area contributed by atoms with Gasteiger partial charge in [0.1, 0.15) is 73.2 Å². The second kappa shape index (κ2) is 14.8. The molecule has 0 bridgehead atoms. The largest absolute Gasteiger partial charge is 0.388 e. The van der Waals surface area contributed by atoms with E-state index in [0.717, 1.165) is 0 Å². The zero-order valence-corrected chi connectivity index (χ0v) is 26.9. The van der Waals surface area contributed by atoms with E-state index in [-0.39, 0.29) is 74.9 Å². The molecule has 0 aromatic rings. The van der Waals surface area contributed by atoms with E-state index in [1.54, 1.807) is 21.6 Å². The van der Waals surface area contributed by atoms with E-state index in [4.69, 9.17) is 37.9 Å². The fourth-order valence-corrected chi connectivity index (χ4v) is 10.8. The molecule has 0 aromatic heterocycles. The Kier molecular flexibility index (Phi) is 11.5. The van der Waals surface area contributed by atoms with Crippen molar-refractivity contribution < 1.29 is 63.1 Å². The number of hydrogen-bond acceptors (Lipinski definition) is 17. The van der Waals surface area contributed by atoms with Gasteiger partial charge in [-0.05, 0) is 0 Å². The highest BCUT2D eigenvalue weighted by molar-refractivity contribution is 8.77. The van der Waals surface area contributed by atoms with Crippen LogP contribution in [0, 0.1) is 0 Å². The zero-order chi connectivity index (χ0) is 30.2. The summed E-state index contributed by atoms with van der Waals surface area (Å²) in [5, 5.41) is 38.8. The van der Waals surface area contributed by atoms with Crippen molar-refractivity contribution in [3.05, 3.63) is 0 Å². The Morgan fingerprint density at radius 2 is 0.837 bits per heavy atom. The molecule has 43 heavy (non-hydrogen) atoms. The summed E-state index contributed by atoms with van der Waals surface area (Å²) in [4.78, 5) is 10.9. The molecule has 17 heteroatoms. The highest BCUT2D eigenvalue weighted by Crippen LogP contribution is 2.45. The van der Waals surface area contributed by atoms with Crippen molar-refractivity contribution in [1.82, 2.24) is 0 Å². The molecule has 246 valence electrons. The van der Waals surface area contributed by atoms with Crippen molar-refractivity contribution in [2.75, 3.05) is 52.9 Å². The molecule has 8 aliphatic rings. The summed E-state index contributed by atoms with van der Waals surface area (Å²) >= 11 is 5.49. The van der Waals surface area contributed by atoms with Crippen molar-refractivity contribution in [3.8, 4) is 0 Å². The number of thioether (sulfide) groups is 1. The predicted octanol–water partition coefficient (Wildman–Crippen LogP) is -1.34. The lowest BCUT2D eigenvalue weighted by Crippen LogP contribution is -2.31. The first-order valence-electron chi connectivity index (χ1n) is 14.5. The number of fused-ring (bicyclic) bond motifs is 4. The molecule has 8 aliphatic heterocycles. The molecular formula is C26H40O13S4. The van der Waals surface area contributed by atoms with E-state index in [9.17, 15) is 25.2 Å². The number of rotatable bonds is 4. The lowest BCUT2D eigenvalue weighted by Gasteiger charge is -2.19. The van der Waals surface area contributed by atoms with E-state index in [1.807, 2.05) is 0 Å². The third-order valence-corrected chi connectivity index (χ3v) is 13.3. The summed E-state index contributed by atoms with van der Waals surface area (Å²) in [5.41, 5.74) is 0. The first kappa shape index (κ1) is 33.5. The Morgan fingerprint density at radius 1 is 0.512 bits per heavy atom. The third-order valence-electron chi connectivity index (χ3n) is 8.57. The van der Waals surface area contributed by atoms with Crippen LogP contribution in [0.5, 0.6) is 0 Å². The second-order valence-electron chi connectivity index (χ2n) is 11.6. The Bertz CT molecular complexity index is 905. The van der Waals surface area contributed by atoms with E-state index in [2.05, 4.69) is 12.6 Å². The highest BCUT2D eigenvalue weighted by Gasteiger charge is 2.51. The van der Waals surface area contributed by atoms with Crippen molar-refractivity contribution in [2.24, 2.45) is 0 Å². The molecule has 9 unspecified atom stereocenters. The van der Waals surface area contributed by atoms with Crippen LogP contribution in [0.3, 0.4) is 0 Å². The summed E-state index contributed by atoms with van der Waals surface area (Å²) in [5.74, 6) is 0. The van der Waals surface area contributed by atoms with Gasteiger partial charge in [0.05, 0.1) is 73.9 Å². The van der Waals surface area contributed by atoms with Crippen LogP contribution in [0.1, 0.15) is 6.92 Å². The van der Waals surface area contributed by atoms with Gasteiger partial charge in [0.2, 0.25) is 0 Å². The Labute approximate surface area is 267 Å². The van der Waals surface area contributed by atoms with Crippen molar-refractivity contribution >= 4 is 51.1 Å². The zero-order valence-electron chi connectivity index (χ0n) is 23.5. The molecule has 0 spiro atoms. The highest BCUT2D eigenvalue weighted by atomic mass is 33.1. The number of thiol groups is 1. The number of carbonyl (C=O) groups is 1. The second-order valence-corrected chi connectivity index (χ2v) is 16.5. The van der Waals surface area contributed by atoms with Crippen LogP contribution in [0.15, 0.2) is 0 Å². The van der Waals surface area contributed by atoms with Crippen molar-refractivity contribution in [1.29, 1.82) is 0 Å². The van der Waals surface area contributed by atoms with Gasteiger partial charge in [-0.1, -0.05) is 33.3 Å². The van der Waals surface area contributed by atoms with Gasteiger partial charge in [-0.25, -0.2) is 0 Å². The molecule has 0 radical (unpaired) electrons. The minimum Gasteiger partial charge on any atom is -0.388 e. The maximum atomic E-state index is 10.9. The molecule has 8 heterocycles. The van der Waals surface area contributed by atoms with Crippen LogP contribution < -0.4 is 0 Å². The average Bonchev–Trinajstić information content (AvgIpc) is 3.81. The van der Waals surface area contributed by atoms with E-state index in [0.29, 0.717) is 52.9 Å². The molecule has 16 atom stereocenters. The number of carbonyl (C=O) groups excluding carboxylic acids is 1. The summed E-state index contributed by atoms with van der Waals surface area (Å²) in [6.45, 7) is 5.28. The lowest BCUT2D eigenvalue weighted by molar-refractivity contribution is -0.109. The van der Waals surface area contributed by atoms with E-state index < -0.39 is 24.4 Å². The summed E-state index contributed by atoms with van der Waals surface area (Å²) in [6.07, 6.45) is -2.79. The number of aliphatic hydroxyl groups excluding tert-OH is 4. The SMILES string of the molecule is CC(=O)S[C@H]1COC2C1OC[C@H]2O.O[C@@H]1COC2C(SS[C@H]3COC4C3OC[C@H]4O)COC21.O[C@@H]1COC2C1OC[C@@H]2S. The summed E-state index contributed by atoms with van der Waals surface area (Å²) in [6, 6.07) is 0. The summed E-state index contributed by atoms with van der Waals surface area (Å²) in [7, 11) is 3.45. The predicted molar refractivity (Wildman–Crippen MR) is 160 cm³/mol. The molecule has 13 nitrogen and oxygen atoms in total. The Balaban J connectivity index is 0.000000123. The van der Waals surface area contributed by atoms with Crippen LogP contribution in [-0.4, -0.2) is 173 Å². The van der Waals surface area contributed by atoms with Crippen LogP contribution in [-0.2, 0) is 42.7 Å². The molecular weight excluding hydrogens is 649 g/mol. The van der Waals surface area contributed by atoms with Crippen molar-refractivity contribution in [3.63, 3.8) is 0 Å². The number of ether oxygens (including phenoxy) is 8. The maximum absolute atomic E-state index is 10.9. The number of aliphatic hydroxyl groups is 4. The molecule has 0 saturated carbocycles. The summed E-state index contributed by atoms with van der Waals surface area (Å²) < 4.78 is 43.6. The topological polar surface area (TPSA) is 172 Å². The molecule has 8 fully saturated rings.